The normalized spacial score (nSPS) is 12.4. The van der Waals surface area contributed by atoms with Gasteiger partial charge < -0.3 is 5.32 Å². The molecule has 0 heterocycles. The summed E-state index contributed by atoms with van der Waals surface area (Å²) in [6.45, 7) is 5.08. The van der Waals surface area contributed by atoms with Gasteiger partial charge in [-0.25, -0.2) is 4.39 Å². The topological polar surface area (TPSA) is 12.0 Å². The van der Waals surface area contributed by atoms with E-state index in [1.807, 2.05) is 6.07 Å². The smallest absolute Gasteiger partial charge is 0.142 e. The van der Waals surface area contributed by atoms with Gasteiger partial charge in [0.1, 0.15) is 5.82 Å². The highest BCUT2D eigenvalue weighted by atomic mass is 35.5. The molecular weight excluding hydrogens is 285 g/mol. The van der Waals surface area contributed by atoms with Gasteiger partial charge in [0.15, 0.2) is 0 Å². The van der Waals surface area contributed by atoms with Gasteiger partial charge in [-0.15, -0.1) is 0 Å². The molecular formula is C18H21ClFN. The molecule has 1 unspecified atom stereocenters. The van der Waals surface area contributed by atoms with Gasteiger partial charge in [-0.05, 0) is 49.6 Å². The van der Waals surface area contributed by atoms with E-state index in [4.69, 9.17) is 11.6 Å². The zero-order valence-electron chi connectivity index (χ0n) is 12.5. The maximum Gasteiger partial charge on any atom is 0.142 e. The Morgan fingerprint density at radius 3 is 2.43 bits per heavy atom. The van der Waals surface area contributed by atoms with Crippen LogP contribution in [0, 0.1) is 12.7 Å². The third kappa shape index (κ3) is 4.83. The summed E-state index contributed by atoms with van der Waals surface area (Å²) in [5.74, 6) is -0.347. The van der Waals surface area contributed by atoms with Gasteiger partial charge in [-0.2, -0.15) is 0 Å². The lowest BCUT2D eigenvalue weighted by atomic mass is 9.98. The third-order valence-corrected chi connectivity index (χ3v) is 3.83. The number of rotatable bonds is 6. The molecule has 2 rings (SSSR count). The number of hydrogen-bond acceptors (Lipinski definition) is 1. The van der Waals surface area contributed by atoms with E-state index >= 15 is 0 Å². The molecule has 0 aliphatic carbocycles. The van der Waals surface area contributed by atoms with Crippen molar-refractivity contribution in [3.8, 4) is 0 Å². The van der Waals surface area contributed by atoms with Crippen molar-refractivity contribution in [3.05, 3.63) is 70.0 Å². The number of aryl methyl sites for hydroxylation is 1. The molecule has 0 bridgehead atoms. The fourth-order valence-corrected chi connectivity index (χ4v) is 2.70. The van der Waals surface area contributed by atoms with E-state index in [1.165, 1.54) is 17.2 Å². The van der Waals surface area contributed by atoms with Gasteiger partial charge in [-0.3, -0.25) is 0 Å². The van der Waals surface area contributed by atoms with Crippen LogP contribution < -0.4 is 5.32 Å². The lowest BCUT2D eigenvalue weighted by Crippen LogP contribution is -2.33. The lowest BCUT2D eigenvalue weighted by Gasteiger charge is -2.18. The lowest BCUT2D eigenvalue weighted by molar-refractivity contribution is 0.519. The first-order valence-electron chi connectivity index (χ1n) is 7.31. The molecule has 21 heavy (non-hydrogen) atoms. The molecule has 1 atom stereocenters. The predicted molar refractivity (Wildman–Crippen MR) is 87.5 cm³/mol. The second-order valence-corrected chi connectivity index (χ2v) is 5.81. The highest BCUT2D eigenvalue weighted by Gasteiger charge is 2.11. The highest BCUT2D eigenvalue weighted by molar-refractivity contribution is 6.30. The van der Waals surface area contributed by atoms with E-state index in [-0.39, 0.29) is 16.9 Å². The van der Waals surface area contributed by atoms with Crippen molar-refractivity contribution in [1.82, 2.24) is 5.32 Å². The van der Waals surface area contributed by atoms with Crippen LogP contribution in [0.4, 0.5) is 4.39 Å². The van der Waals surface area contributed by atoms with E-state index in [0.717, 1.165) is 24.9 Å². The molecule has 2 aromatic rings. The van der Waals surface area contributed by atoms with E-state index in [1.54, 1.807) is 6.07 Å². The number of benzene rings is 2. The van der Waals surface area contributed by atoms with Crippen molar-refractivity contribution < 1.29 is 4.39 Å². The van der Waals surface area contributed by atoms with Gasteiger partial charge in [0, 0.05) is 6.04 Å². The first kappa shape index (κ1) is 16.0. The minimum Gasteiger partial charge on any atom is -0.314 e. The van der Waals surface area contributed by atoms with E-state index in [0.29, 0.717) is 0 Å². The first-order chi connectivity index (χ1) is 10.1. The Labute approximate surface area is 131 Å². The minimum absolute atomic E-state index is 0.178. The molecule has 0 aromatic heterocycles. The Morgan fingerprint density at radius 1 is 1.10 bits per heavy atom. The van der Waals surface area contributed by atoms with Crippen LogP contribution in [0.5, 0.6) is 0 Å². The number of nitrogens with one attached hydrogen (secondary N) is 1. The molecule has 0 saturated carbocycles. The molecule has 0 spiro atoms. The van der Waals surface area contributed by atoms with E-state index in [2.05, 4.69) is 43.4 Å². The fourth-order valence-electron chi connectivity index (χ4n) is 2.58. The monoisotopic (exact) mass is 305 g/mol. The molecule has 1 N–H and O–H groups in total. The van der Waals surface area contributed by atoms with Gasteiger partial charge in [0.05, 0.1) is 5.02 Å². The maximum absolute atomic E-state index is 13.5. The Kier molecular flexibility index (Phi) is 5.77. The largest absolute Gasteiger partial charge is 0.314 e. The van der Waals surface area contributed by atoms with Gasteiger partial charge in [0.25, 0.3) is 0 Å². The van der Waals surface area contributed by atoms with Crippen LogP contribution in [0.25, 0.3) is 0 Å². The molecule has 112 valence electrons. The second-order valence-electron chi connectivity index (χ2n) is 5.40. The van der Waals surface area contributed by atoms with Gasteiger partial charge in [-0.1, -0.05) is 54.4 Å². The van der Waals surface area contributed by atoms with Crippen molar-refractivity contribution in [2.45, 2.75) is 32.7 Å². The van der Waals surface area contributed by atoms with Crippen LogP contribution in [-0.4, -0.2) is 12.6 Å². The minimum atomic E-state index is -0.347. The number of halogens is 2. The zero-order chi connectivity index (χ0) is 15.2. The number of hydrogen-bond donors (Lipinski definition) is 1. The third-order valence-electron chi connectivity index (χ3n) is 3.52. The average molecular weight is 306 g/mol. The molecule has 0 fully saturated rings. The maximum atomic E-state index is 13.5. The summed E-state index contributed by atoms with van der Waals surface area (Å²) in [5, 5.41) is 3.66. The molecule has 2 aromatic carbocycles. The average Bonchev–Trinajstić information content (AvgIpc) is 2.43. The van der Waals surface area contributed by atoms with Crippen LogP contribution in [0.2, 0.25) is 5.02 Å². The van der Waals surface area contributed by atoms with Crippen molar-refractivity contribution in [2.24, 2.45) is 0 Å². The molecule has 1 nitrogen and oxygen atoms in total. The Hall–Kier alpha value is -1.38. The SMILES string of the molecule is CCNC(Cc1cccc(C)c1)Cc1ccc(Cl)c(F)c1. The Balaban J connectivity index is 2.09. The van der Waals surface area contributed by atoms with Crippen LogP contribution in [0.1, 0.15) is 23.6 Å². The van der Waals surface area contributed by atoms with Crippen molar-refractivity contribution >= 4 is 11.6 Å². The van der Waals surface area contributed by atoms with Crippen molar-refractivity contribution in [3.63, 3.8) is 0 Å². The summed E-state index contributed by atoms with van der Waals surface area (Å²) in [6, 6.07) is 13.9. The molecule has 0 aliphatic heterocycles. The zero-order valence-corrected chi connectivity index (χ0v) is 13.3. The molecule has 0 amide bonds. The summed E-state index contributed by atoms with van der Waals surface area (Å²) in [5.41, 5.74) is 3.53. The molecule has 0 aliphatic rings. The van der Waals surface area contributed by atoms with Gasteiger partial charge in [0.2, 0.25) is 0 Å². The molecule has 3 heteroatoms. The highest BCUT2D eigenvalue weighted by Crippen LogP contribution is 2.17. The van der Waals surface area contributed by atoms with E-state index < -0.39 is 0 Å². The van der Waals surface area contributed by atoms with E-state index in [9.17, 15) is 4.39 Å². The standard InChI is InChI=1S/C18H21ClFN/c1-3-21-16(10-14-6-4-5-13(2)9-14)11-15-7-8-17(19)18(20)12-15/h4-9,12,16,21H,3,10-11H2,1-2H3. The van der Waals surface area contributed by atoms with Crippen LogP contribution in [0.15, 0.2) is 42.5 Å². The summed E-state index contributed by atoms with van der Waals surface area (Å²) >= 11 is 5.73. The summed E-state index contributed by atoms with van der Waals surface area (Å²) in [6.07, 6.45) is 1.72. The first-order valence-corrected chi connectivity index (χ1v) is 7.69. The van der Waals surface area contributed by atoms with Crippen molar-refractivity contribution in [1.29, 1.82) is 0 Å². The summed E-state index contributed by atoms with van der Waals surface area (Å²) < 4.78 is 13.5. The van der Waals surface area contributed by atoms with Crippen LogP contribution in [-0.2, 0) is 12.8 Å². The van der Waals surface area contributed by atoms with Gasteiger partial charge >= 0.3 is 0 Å². The molecule has 0 radical (unpaired) electrons. The van der Waals surface area contributed by atoms with Crippen LogP contribution in [0.3, 0.4) is 0 Å². The summed E-state index contributed by atoms with van der Waals surface area (Å²) in [7, 11) is 0. The second kappa shape index (κ2) is 7.58. The fraction of sp³-hybridized carbons (Fsp3) is 0.333. The van der Waals surface area contributed by atoms with Crippen LogP contribution >= 0.6 is 11.6 Å². The summed E-state index contributed by atoms with van der Waals surface area (Å²) in [4.78, 5) is 0. The van der Waals surface area contributed by atoms with Crippen molar-refractivity contribution in [2.75, 3.05) is 6.54 Å². The molecule has 0 saturated heterocycles. The number of likely N-dealkylation sites (N-methyl/N-ethyl adjacent to an activating group) is 1. The Morgan fingerprint density at radius 2 is 1.81 bits per heavy atom. The Bertz CT molecular complexity index is 598. The predicted octanol–water partition coefficient (Wildman–Crippen LogP) is 4.55. The quantitative estimate of drug-likeness (QED) is 0.825.